The number of anilines is 1. The van der Waals surface area contributed by atoms with Gasteiger partial charge in [-0.3, -0.25) is 19.2 Å². The molecule has 8 nitrogen and oxygen atoms in total. The topological polar surface area (TPSA) is 102 Å². The molecule has 2 fully saturated rings. The van der Waals surface area contributed by atoms with E-state index in [9.17, 15) is 28.0 Å². The van der Waals surface area contributed by atoms with Crippen molar-refractivity contribution in [3.05, 3.63) is 131 Å². The van der Waals surface area contributed by atoms with Gasteiger partial charge in [0.25, 0.3) is 11.8 Å². The van der Waals surface area contributed by atoms with Crippen LogP contribution >= 0.6 is 47.8 Å². The number of amides is 2. The highest BCUT2D eigenvalue weighted by molar-refractivity contribution is 9.11. The Hall–Kier alpha value is -3.94. The molecule has 1 N–H and O–H groups in total. The number of hydrogen-bond donors (Lipinski definition) is 1. The Labute approximate surface area is 343 Å². The van der Waals surface area contributed by atoms with Crippen molar-refractivity contribution < 1.29 is 37.4 Å². The lowest BCUT2D eigenvalue weighted by Gasteiger charge is -2.31. The van der Waals surface area contributed by atoms with Crippen LogP contribution in [0.5, 0.6) is 0 Å². The van der Waals surface area contributed by atoms with Crippen molar-refractivity contribution in [2.75, 3.05) is 18.0 Å². The average molecular weight is 945 g/mol. The Morgan fingerprint density at radius 3 is 1.75 bits per heavy atom. The van der Waals surface area contributed by atoms with E-state index in [2.05, 4.69) is 53.1 Å². The van der Waals surface area contributed by atoms with Crippen LogP contribution in [0.15, 0.2) is 86.2 Å². The van der Waals surface area contributed by atoms with Crippen LogP contribution < -0.4 is 10.2 Å². The zero-order valence-electron chi connectivity index (χ0n) is 30.3. The highest BCUT2D eigenvalue weighted by Crippen LogP contribution is 2.51. The van der Waals surface area contributed by atoms with E-state index in [4.69, 9.17) is 9.47 Å². The summed E-state index contributed by atoms with van der Waals surface area (Å²) in [7, 11) is 0. The number of esters is 2. The van der Waals surface area contributed by atoms with Gasteiger partial charge in [-0.15, -0.1) is 0 Å². The second-order valence-corrected chi connectivity index (χ2v) is 16.4. The summed E-state index contributed by atoms with van der Waals surface area (Å²) >= 11 is 10.2. The summed E-state index contributed by atoms with van der Waals surface area (Å²) in [5.41, 5.74) is 4.74. The molecule has 0 radical (unpaired) electrons. The molecule has 0 atom stereocenters. The number of alkyl halides is 2. The van der Waals surface area contributed by atoms with E-state index in [1.807, 2.05) is 48.5 Å². The van der Waals surface area contributed by atoms with Crippen LogP contribution in [0.1, 0.15) is 93.6 Å². The largest absolute Gasteiger partial charge is 0.461 e. The molecule has 8 rings (SSSR count). The molecule has 2 aliphatic heterocycles. The molecule has 4 aromatic carbocycles. The van der Waals surface area contributed by atoms with E-state index in [1.54, 1.807) is 29.2 Å². The Bertz CT molecular complexity index is 2130. The van der Waals surface area contributed by atoms with E-state index in [-0.39, 0.29) is 37.0 Å². The summed E-state index contributed by atoms with van der Waals surface area (Å²) in [5, 5.41) is 2.78. The van der Waals surface area contributed by atoms with Crippen LogP contribution in [0.3, 0.4) is 0 Å². The van der Waals surface area contributed by atoms with Crippen molar-refractivity contribution in [2.24, 2.45) is 0 Å². The summed E-state index contributed by atoms with van der Waals surface area (Å²) in [6.45, 7) is 4.29. The lowest BCUT2D eigenvalue weighted by molar-refractivity contribution is -0.143. The molecule has 2 saturated carbocycles. The third-order valence-corrected chi connectivity index (χ3v) is 12.1. The first-order valence-electron chi connectivity index (χ1n) is 17.9. The lowest BCUT2D eigenvalue weighted by Crippen LogP contribution is -2.38. The standard InChI is InChI=1S/C21H19BrFNO3.C12H12FNO.C9H8Br2O2/c1-13(25)27-12-17-18(22)3-2-4-19(17)24-10-7-14-11-15(21(23)8-9-21)5-6-16(14)20(24)26;13-12(4-5-12)9-1-2-10-8(7-9)3-6-14-11(10)15;1-6(12)13-5-7-8(10)3-2-4-9(7)11/h2-6,11H,7-10,12H2,1H3;1-2,7H,3-6H2,(H,14,15);2-4H,5H2,1H3. The lowest BCUT2D eigenvalue weighted by atomic mass is 9.94. The van der Waals surface area contributed by atoms with Crippen molar-refractivity contribution in [1.29, 1.82) is 0 Å². The smallest absolute Gasteiger partial charge is 0.302 e. The molecule has 2 heterocycles. The van der Waals surface area contributed by atoms with Crippen LogP contribution in [0.25, 0.3) is 0 Å². The molecular weight excluding hydrogens is 906 g/mol. The van der Waals surface area contributed by atoms with Gasteiger partial charge in [0.15, 0.2) is 0 Å². The zero-order chi connectivity index (χ0) is 39.5. The molecule has 0 saturated heterocycles. The van der Waals surface area contributed by atoms with Gasteiger partial charge in [-0.25, -0.2) is 8.78 Å². The average Bonchev–Trinajstić information content (AvgIpc) is 4.09. The monoisotopic (exact) mass is 942 g/mol. The number of carbonyl (C=O) groups is 4. The number of halogens is 5. The highest BCUT2D eigenvalue weighted by Gasteiger charge is 2.46. The molecule has 288 valence electrons. The Morgan fingerprint density at radius 1 is 0.709 bits per heavy atom. The van der Waals surface area contributed by atoms with Crippen LogP contribution in [0, 0.1) is 0 Å². The quantitative estimate of drug-likeness (QED) is 0.185. The van der Waals surface area contributed by atoms with Crippen LogP contribution in [-0.2, 0) is 56.5 Å². The fraction of sp³-hybridized carbons (Fsp3) is 0.333. The SMILES string of the molecule is CC(=O)OCc1c(Br)cccc1Br.CC(=O)OCc1c(Br)cccc1N1CCc2cc(C3(F)CC3)ccc2C1=O.O=C1NCCc2cc(C3(F)CC3)ccc21. The van der Waals surface area contributed by atoms with Gasteiger partial charge in [0.1, 0.15) is 24.6 Å². The summed E-state index contributed by atoms with van der Waals surface area (Å²) < 4.78 is 40.8. The third kappa shape index (κ3) is 9.72. The molecule has 0 aromatic heterocycles. The van der Waals surface area contributed by atoms with Crippen LogP contribution in [0.2, 0.25) is 0 Å². The minimum absolute atomic E-state index is 0.0356. The molecule has 4 aliphatic rings. The molecule has 0 unspecified atom stereocenters. The summed E-state index contributed by atoms with van der Waals surface area (Å²) in [6, 6.07) is 21.9. The summed E-state index contributed by atoms with van der Waals surface area (Å²) in [6.07, 6.45) is 3.83. The van der Waals surface area contributed by atoms with E-state index in [0.29, 0.717) is 61.9 Å². The minimum Gasteiger partial charge on any atom is -0.461 e. The van der Waals surface area contributed by atoms with Gasteiger partial charge in [0.2, 0.25) is 0 Å². The maximum Gasteiger partial charge on any atom is 0.302 e. The predicted octanol–water partition coefficient (Wildman–Crippen LogP) is 9.88. The first-order valence-corrected chi connectivity index (χ1v) is 20.3. The Kier molecular flexibility index (Phi) is 12.6. The van der Waals surface area contributed by atoms with E-state index < -0.39 is 11.3 Å². The van der Waals surface area contributed by atoms with Gasteiger partial charge in [0.05, 0.1) is 5.69 Å². The number of carbonyl (C=O) groups excluding carboxylic acids is 4. The van der Waals surface area contributed by atoms with Crippen molar-refractivity contribution in [3.63, 3.8) is 0 Å². The number of ether oxygens (including phenoxy) is 2. The van der Waals surface area contributed by atoms with Crippen LogP contribution in [0.4, 0.5) is 14.5 Å². The molecule has 13 heteroatoms. The van der Waals surface area contributed by atoms with Gasteiger partial charge in [-0.2, -0.15) is 0 Å². The predicted molar refractivity (Wildman–Crippen MR) is 215 cm³/mol. The van der Waals surface area contributed by atoms with Crippen molar-refractivity contribution in [1.82, 2.24) is 5.32 Å². The maximum absolute atomic E-state index is 14.3. The minimum atomic E-state index is -1.20. The first kappa shape index (κ1) is 40.7. The molecule has 55 heavy (non-hydrogen) atoms. The fourth-order valence-corrected chi connectivity index (χ4v) is 8.16. The number of nitrogens with zero attached hydrogens (tertiary/aromatic N) is 1. The molecule has 0 spiro atoms. The number of benzene rings is 4. The summed E-state index contributed by atoms with van der Waals surface area (Å²) in [4.78, 5) is 48.1. The second-order valence-electron chi connectivity index (χ2n) is 13.9. The maximum atomic E-state index is 14.3. The molecule has 2 amide bonds. The van der Waals surface area contributed by atoms with Crippen molar-refractivity contribution in [2.45, 2.75) is 76.9 Å². The van der Waals surface area contributed by atoms with E-state index in [0.717, 1.165) is 53.3 Å². The molecule has 4 aromatic rings. The van der Waals surface area contributed by atoms with Crippen LogP contribution in [-0.4, -0.2) is 36.8 Å². The number of rotatable bonds is 7. The number of nitrogens with one attached hydrogen (secondary N) is 1. The van der Waals surface area contributed by atoms with Gasteiger partial charge in [-0.1, -0.05) is 84.2 Å². The highest BCUT2D eigenvalue weighted by atomic mass is 79.9. The molecule has 2 aliphatic carbocycles. The number of hydrogen-bond acceptors (Lipinski definition) is 6. The number of fused-ring (bicyclic) bond motifs is 2. The van der Waals surface area contributed by atoms with Crippen molar-refractivity contribution >= 4 is 77.2 Å². The van der Waals surface area contributed by atoms with Gasteiger partial charge < -0.3 is 19.7 Å². The second kappa shape index (κ2) is 17.1. The van der Waals surface area contributed by atoms with Gasteiger partial charge in [0, 0.05) is 62.6 Å². The normalized spacial score (nSPS) is 16.8. The van der Waals surface area contributed by atoms with Gasteiger partial charge >= 0.3 is 11.9 Å². The summed E-state index contributed by atoms with van der Waals surface area (Å²) in [5.74, 6) is -0.803. The van der Waals surface area contributed by atoms with Gasteiger partial charge in [-0.05, 0) is 97.2 Å². The molecular formula is C42H39Br3F2N2O6. The third-order valence-electron chi connectivity index (χ3n) is 9.91. The fourth-order valence-electron chi connectivity index (χ4n) is 6.46. The molecule has 0 bridgehead atoms. The zero-order valence-corrected chi connectivity index (χ0v) is 35.0. The van der Waals surface area contributed by atoms with E-state index >= 15 is 0 Å². The van der Waals surface area contributed by atoms with Crippen molar-refractivity contribution in [3.8, 4) is 0 Å². The van der Waals surface area contributed by atoms with E-state index in [1.165, 1.54) is 13.8 Å². The Morgan fingerprint density at radius 2 is 1.20 bits per heavy atom. The Balaban J connectivity index is 0.000000155. The first-order chi connectivity index (χ1) is 26.2.